The summed E-state index contributed by atoms with van der Waals surface area (Å²) >= 11 is 8.89. The Morgan fingerprint density at radius 3 is 3.00 bits per heavy atom. The summed E-state index contributed by atoms with van der Waals surface area (Å²) in [5, 5.41) is 3.67. The summed E-state index contributed by atoms with van der Waals surface area (Å²) in [4.78, 5) is 8.17. The van der Waals surface area contributed by atoms with Gasteiger partial charge in [-0.05, 0) is 28.1 Å². The van der Waals surface area contributed by atoms with Crippen molar-refractivity contribution >= 4 is 27.5 Å². The molecule has 0 atom stereocenters. The molecule has 0 saturated heterocycles. The first-order valence-corrected chi connectivity index (χ1v) is 5.13. The van der Waals surface area contributed by atoms with E-state index in [0.717, 1.165) is 4.47 Å². The summed E-state index contributed by atoms with van der Waals surface area (Å²) in [7, 11) is 0. The van der Waals surface area contributed by atoms with Crippen LogP contribution >= 0.6 is 27.5 Å². The quantitative estimate of drug-likeness (QED) is 0.790. The van der Waals surface area contributed by atoms with E-state index in [1.165, 1.54) is 0 Å². The van der Waals surface area contributed by atoms with Gasteiger partial charge in [-0.1, -0.05) is 5.16 Å². The van der Waals surface area contributed by atoms with E-state index in [9.17, 15) is 0 Å². The van der Waals surface area contributed by atoms with Crippen molar-refractivity contribution < 1.29 is 4.52 Å². The Bertz CT molecular complexity index is 446. The van der Waals surface area contributed by atoms with Gasteiger partial charge in [0.15, 0.2) is 5.82 Å². The molecule has 14 heavy (non-hydrogen) atoms. The largest absolute Gasteiger partial charge is 0.332 e. The maximum Gasteiger partial charge on any atom is 0.277 e. The van der Waals surface area contributed by atoms with Gasteiger partial charge in [0, 0.05) is 10.7 Å². The van der Waals surface area contributed by atoms with Gasteiger partial charge in [0.25, 0.3) is 5.89 Å². The van der Waals surface area contributed by atoms with Crippen LogP contribution in [0.3, 0.4) is 0 Å². The van der Waals surface area contributed by atoms with Gasteiger partial charge in [0.2, 0.25) is 0 Å². The lowest BCUT2D eigenvalue weighted by Gasteiger charge is -1.94. The lowest BCUT2D eigenvalue weighted by molar-refractivity contribution is 0.423. The molecule has 0 aliphatic heterocycles. The lowest BCUT2D eigenvalue weighted by atomic mass is 10.3. The third-order valence-electron chi connectivity index (χ3n) is 1.55. The summed E-state index contributed by atoms with van der Waals surface area (Å²) < 4.78 is 5.79. The molecule has 0 fully saturated rings. The molecule has 4 nitrogen and oxygen atoms in total. The number of rotatable bonds is 2. The van der Waals surface area contributed by atoms with Crippen molar-refractivity contribution in [3.05, 3.63) is 28.6 Å². The minimum Gasteiger partial charge on any atom is -0.332 e. The monoisotopic (exact) mass is 273 g/mol. The maximum atomic E-state index is 5.55. The van der Waals surface area contributed by atoms with Gasteiger partial charge in [-0.25, -0.2) is 4.98 Å². The van der Waals surface area contributed by atoms with Crippen molar-refractivity contribution in [1.29, 1.82) is 0 Å². The summed E-state index contributed by atoms with van der Waals surface area (Å²) in [6.45, 7) is 0. The molecule has 72 valence electrons. The number of pyridine rings is 1. The van der Waals surface area contributed by atoms with Crippen molar-refractivity contribution in [2.75, 3.05) is 0 Å². The fraction of sp³-hybridized carbons (Fsp3) is 0.125. The molecule has 0 aliphatic carbocycles. The zero-order chi connectivity index (χ0) is 9.97. The molecule has 0 N–H and O–H groups in total. The first-order chi connectivity index (χ1) is 6.81. The van der Waals surface area contributed by atoms with E-state index < -0.39 is 0 Å². The molecule has 2 rings (SSSR count). The second kappa shape index (κ2) is 4.06. The first kappa shape index (κ1) is 9.61. The van der Waals surface area contributed by atoms with Gasteiger partial charge >= 0.3 is 0 Å². The van der Waals surface area contributed by atoms with E-state index in [1.54, 1.807) is 6.20 Å². The Balaban J connectivity index is 2.44. The molecule has 2 heterocycles. The van der Waals surface area contributed by atoms with Crippen LogP contribution < -0.4 is 0 Å². The molecule has 0 unspecified atom stereocenters. The summed E-state index contributed by atoms with van der Waals surface area (Å²) in [5.41, 5.74) is 0.622. The van der Waals surface area contributed by atoms with Crippen LogP contribution in [0.25, 0.3) is 11.6 Å². The van der Waals surface area contributed by atoms with Gasteiger partial charge in [-0.2, -0.15) is 4.98 Å². The van der Waals surface area contributed by atoms with Crippen LogP contribution in [-0.2, 0) is 5.88 Å². The topological polar surface area (TPSA) is 51.8 Å². The standard InChI is InChI=1S/C8H5BrClN3O/c9-5-2-1-3-11-7(5)8-12-6(4-10)13-14-8/h1-3H,4H2. The van der Waals surface area contributed by atoms with E-state index in [1.807, 2.05) is 12.1 Å². The molecule has 0 aliphatic rings. The van der Waals surface area contributed by atoms with Crippen molar-refractivity contribution in [3.63, 3.8) is 0 Å². The Labute approximate surface area is 93.4 Å². The van der Waals surface area contributed by atoms with Gasteiger partial charge in [0.05, 0.1) is 5.88 Å². The van der Waals surface area contributed by atoms with E-state index in [2.05, 4.69) is 31.1 Å². The smallest absolute Gasteiger partial charge is 0.277 e. The van der Waals surface area contributed by atoms with Crippen LogP contribution in [0.4, 0.5) is 0 Å². The van der Waals surface area contributed by atoms with E-state index >= 15 is 0 Å². The summed E-state index contributed by atoms with van der Waals surface area (Å²) in [6, 6.07) is 3.67. The third-order valence-corrected chi connectivity index (χ3v) is 2.43. The number of hydrogen-bond donors (Lipinski definition) is 0. The predicted octanol–water partition coefficient (Wildman–Crippen LogP) is 2.63. The highest BCUT2D eigenvalue weighted by Gasteiger charge is 2.11. The minimum atomic E-state index is 0.230. The fourth-order valence-corrected chi connectivity index (χ4v) is 1.48. The number of hydrogen-bond acceptors (Lipinski definition) is 4. The Morgan fingerprint density at radius 2 is 2.36 bits per heavy atom. The second-order valence-electron chi connectivity index (χ2n) is 2.48. The van der Waals surface area contributed by atoms with Crippen LogP contribution in [-0.4, -0.2) is 15.1 Å². The highest BCUT2D eigenvalue weighted by Crippen LogP contribution is 2.23. The molecular weight excluding hydrogens is 269 g/mol. The molecule has 0 bridgehead atoms. The Kier molecular flexibility index (Phi) is 2.79. The van der Waals surface area contributed by atoms with Crippen molar-refractivity contribution in [2.45, 2.75) is 5.88 Å². The van der Waals surface area contributed by atoms with Crippen molar-refractivity contribution in [3.8, 4) is 11.6 Å². The highest BCUT2D eigenvalue weighted by molar-refractivity contribution is 9.10. The zero-order valence-corrected chi connectivity index (χ0v) is 9.29. The average Bonchev–Trinajstić information content (AvgIpc) is 2.67. The van der Waals surface area contributed by atoms with Gasteiger partial charge in [0.1, 0.15) is 5.69 Å². The molecule has 2 aromatic rings. The SMILES string of the molecule is ClCc1noc(-c2ncccc2Br)n1. The Hall–Kier alpha value is -0.940. The number of alkyl halides is 1. The first-order valence-electron chi connectivity index (χ1n) is 3.80. The maximum absolute atomic E-state index is 5.55. The summed E-state index contributed by atoms with van der Waals surface area (Å²) in [6.07, 6.45) is 1.66. The molecule has 2 aromatic heterocycles. The number of nitrogens with zero attached hydrogens (tertiary/aromatic N) is 3. The van der Waals surface area contributed by atoms with E-state index in [0.29, 0.717) is 17.4 Å². The molecule has 0 aromatic carbocycles. The van der Waals surface area contributed by atoms with Crippen molar-refractivity contribution in [2.24, 2.45) is 0 Å². The van der Waals surface area contributed by atoms with Crippen LogP contribution in [0.5, 0.6) is 0 Å². The third kappa shape index (κ3) is 1.78. The molecule has 0 amide bonds. The average molecular weight is 275 g/mol. The number of halogens is 2. The fourth-order valence-electron chi connectivity index (χ4n) is 0.947. The highest BCUT2D eigenvalue weighted by atomic mass is 79.9. The van der Waals surface area contributed by atoms with Crippen LogP contribution in [0.2, 0.25) is 0 Å². The number of aromatic nitrogens is 3. The van der Waals surface area contributed by atoms with Crippen LogP contribution in [0.1, 0.15) is 5.82 Å². The lowest BCUT2D eigenvalue weighted by Crippen LogP contribution is -1.85. The van der Waals surface area contributed by atoms with E-state index in [4.69, 9.17) is 16.1 Å². The zero-order valence-electron chi connectivity index (χ0n) is 6.94. The second-order valence-corrected chi connectivity index (χ2v) is 3.60. The molecular formula is C8H5BrClN3O. The minimum absolute atomic E-state index is 0.230. The van der Waals surface area contributed by atoms with Gasteiger partial charge in [-0.3, -0.25) is 0 Å². The van der Waals surface area contributed by atoms with Gasteiger partial charge in [-0.15, -0.1) is 11.6 Å². The molecule has 6 heteroatoms. The van der Waals surface area contributed by atoms with Crippen LogP contribution in [0, 0.1) is 0 Å². The summed E-state index contributed by atoms with van der Waals surface area (Å²) in [5.74, 6) is 1.06. The van der Waals surface area contributed by atoms with Gasteiger partial charge < -0.3 is 4.52 Å². The predicted molar refractivity (Wildman–Crippen MR) is 54.8 cm³/mol. The normalized spacial score (nSPS) is 10.4. The Morgan fingerprint density at radius 1 is 1.50 bits per heavy atom. The van der Waals surface area contributed by atoms with Crippen molar-refractivity contribution in [1.82, 2.24) is 15.1 Å². The molecule has 0 spiro atoms. The molecule has 0 saturated carbocycles. The van der Waals surface area contributed by atoms with E-state index in [-0.39, 0.29) is 5.88 Å². The molecule has 0 radical (unpaired) electrons. The van der Waals surface area contributed by atoms with Crippen LogP contribution in [0.15, 0.2) is 27.3 Å².